The minimum absolute atomic E-state index is 0.0280. The van der Waals surface area contributed by atoms with Crippen molar-refractivity contribution in [3.63, 3.8) is 0 Å². The molecule has 0 saturated heterocycles. The average molecular weight is 257 g/mol. The summed E-state index contributed by atoms with van der Waals surface area (Å²) in [5.41, 5.74) is 0.600. The average Bonchev–Trinajstić information content (AvgIpc) is 2.31. The minimum atomic E-state index is -0.321. The number of anilines is 1. The molecule has 0 aliphatic carbocycles. The lowest BCUT2D eigenvalue weighted by atomic mass is 10.2. The molecular weight excluding hydrogens is 240 g/mol. The fraction of sp³-hybridized carbons (Fsp3) is 0.417. The third-order valence-electron chi connectivity index (χ3n) is 2.63. The summed E-state index contributed by atoms with van der Waals surface area (Å²) in [6.45, 7) is 2.26. The first-order valence-electron chi connectivity index (χ1n) is 5.42. The van der Waals surface area contributed by atoms with Gasteiger partial charge in [-0.05, 0) is 26.1 Å². The van der Waals surface area contributed by atoms with Gasteiger partial charge in [0.05, 0.1) is 23.4 Å². The zero-order valence-corrected chi connectivity index (χ0v) is 10.7. The molecule has 0 aromatic heterocycles. The summed E-state index contributed by atoms with van der Waals surface area (Å²) in [5, 5.41) is 12.1. The van der Waals surface area contributed by atoms with Gasteiger partial charge in [0.1, 0.15) is 0 Å². The molecule has 1 rings (SSSR count). The number of para-hydroxylation sites is 1. The zero-order valence-electron chi connectivity index (χ0n) is 9.98. The smallest absolute Gasteiger partial charge is 0.241 e. The molecule has 0 heterocycles. The molecule has 1 aromatic rings. The third kappa shape index (κ3) is 4.00. The van der Waals surface area contributed by atoms with E-state index >= 15 is 0 Å². The highest BCUT2D eigenvalue weighted by atomic mass is 35.5. The van der Waals surface area contributed by atoms with Crippen molar-refractivity contribution < 1.29 is 9.90 Å². The Morgan fingerprint density at radius 1 is 1.53 bits per heavy atom. The van der Waals surface area contributed by atoms with Gasteiger partial charge in [0.15, 0.2) is 0 Å². The van der Waals surface area contributed by atoms with E-state index in [-0.39, 0.29) is 18.6 Å². The molecule has 0 spiro atoms. The molecule has 0 fully saturated rings. The van der Waals surface area contributed by atoms with Gasteiger partial charge in [0.25, 0.3) is 0 Å². The van der Waals surface area contributed by atoms with Crippen molar-refractivity contribution in [2.45, 2.75) is 13.0 Å². The van der Waals surface area contributed by atoms with Crippen LogP contribution >= 0.6 is 11.6 Å². The number of nitrogens with zero attached hydrogens (tertiary/aromatic N) is 1. The molecule has 1 atom stereocenters. The van der Waals surface area contributed by atoms with Gasteiger partial charge in [0.2, 0.25) is 5.91 Å². The van der Waals surface area contributed by atoms with Crippen LogP contribution in [0.1, 0.15) is 6.92 Å². The van der Waals surface area contributed by atoms with E-state index in [1.165, 1.54) is 0 Å². The van der Waals surface area contributed by atoms with Crippen LogP contribution in [-0.4, -0.2) is 42.2 Å². The molecule has 1 amide bonds. The number of aliphatic hydroxyl groups is 1. The van der Waals surface area contributed by atoms with Gasteiger partial charge in [-0.25, -0.2) is 0 Å². The summed E-state index contributed by atoms with van der Waals surface area (Å²) in [7, 11) is 1.78. The number of benzene rings is 1. The van der Waals surface area contributed by atoms with Gasteiger partial charge in [-0.2, -0.15) is 0 Å². The van der Waals surface area contributed by atoms with E-state index in [4.69, 9.17) is 16.7 Å². The first-order chi connectivity index (χ1) is 8.06. The van der Waals surface area contributed by atoms with E-state index in [0.29, 0.717) is 17.3 Å². The molecule has 0 aliphatic rings. The molecule has 0 aliphatic heterocycles. The van der Waals surface area contributed by atoms with Crippen LogP contribution in [0, 0.1) is 0 Å². The second-order valence-electron chi connectivity index (χ2n) is 3.85. The lowest BCUT2D eigenvalue weighted by Gasteiger charge is -2.23. The summed E-state index contributed by atoms with van der Waals surface area (Å²) in [6.07, 6.45) is 0. The van der Waals surface area contributed by atoms with E-state index in [9.17, 15) is 4.79 Å². The van der Waals surface area contributed by atoms with E-state index in [1.807, 2.05) is 6.07 Å². The highest BCUT2D eigenvalue weighted by molar-refractivity contribution is 6.33. The fourth-order valence-corrected chi connectivity index (χ4v) is 1.53. The van der Waals surface area contributed by atoms with Crippen molar-refractivity contribution in [1.29, 1.82) is 0 Å². The summed E-state index contributed by atoms with van der Waals surface area (Å²) in [6, 6.07) is 6.76. The van der Waals surface area contributed by atoms with Crippen LogP contribution < -0.4 is 5.32 Å². The summed E-state index contributed by atoms with van der Waals surface area (Å²) >= 11 is 5.95. The fourth-order valence-electron chi connectivity index (χ4n) is 1.35. The zero-order chi connectivity index (χ0) is 12.8. The number of carbonyl (C=O) groups is 1. The van der Waals surface area contributed by atoms with Gasteiger partial charge < -0.3 is 10.4 Å². The first kappa shape index (κ1) is 14.0. The van der Waals surface area contributed by atoms with E-state index < -0.39 is 0 Å². The molecule has 5 heteroatoms. The number of hydrogen-bond donors (Lipinski definition) is 2. The van der Waals surface area contributed by atoms with Gasteiger partial charge in [-0.15, -0.1) is 0 Å². The molecule has 4 nitrogen and oxygen atoms in total. The normalized spacial score (nSPS) is 12.5. The van der Waals surface area contributed by atoms with Crippen molar-refractivity contribution in [3.05, 3.63) is 29.3 Å². The van der Waals surface area contributed by atoms with Gasteiger partial charge in [-0.1, -0.05) is 23.7 Å². The van der Waals surface area contributed by atoms with Crippen LogP contribution in [-0.2, 0) is 4.79 Å². The van der Waals surface area contributed by atoms with Gasteiger partial charge in [0, 0.05) is 6.54 Å². The molecule has 1 unspecified atom stereocenters. The second-order valence-corrected chi connectivity index (χ2v) is 4.26. The highest BCUT2D eigenvalue weighted by Gasteiger charge is 2.18. The molecule has 17 heavy (non-hydrogen) atoms. The number of aliphatic hydroxyl groups excluding tert-OH is 1. The lowest BCUT2D eigenvalue weighted by molar-refractivity contribution is -0.120. The number of hydrogen-bond acceptors (Lipinski definition) is 3. The predicted molar refractivity (Wildman–Crippen MR) is 69.3 cm³/mol. The van der Waals surface area contributed by atoms with Crippen LogP contribution in [0.15, 0.2) is 24.3 Å². The minimum Gasteiger partial charge on any atom is -0.395 e. The second kappa shape index (κ2) is 6.59. The van der Waals surface area contributed by atoms with Crippen LogP contribution in [0.3, 0.4) is 0 Å². The molecule has 1 aromatic carbocycles. The molecule has 0 saturated carbocycles. The highest BCUT2D eigenvalue weighted by Crippen LogP contribution is 2.20. The Hall–Kier alpha value is -1.10. The maximum Gasteiger partial charge on any atom is 0.241 e. The number of likely N-dealkylation sites (N-methyl/N-ethyl adjacent to an activating group) is 1. The predicted octanol–water partition coefficient (Wildman–Crippen LogP) is 1.59. The Labute approximate surface area is 106 Å². The number of nitrogens with one attached hydrogen (secondary N) is 1. The van der Waals surface area contributed by atoms with E-state index in [0.717, 1.165) is 0 Å². The van der Waals surface area contributed by atoms with Crippen molar-refractivity contribution in [3.8, 4) is 0 Å². The lowest BCUT2D eigenvalue weighted by Crippen LogP contribution is -2.40. The maximum atomic E-state index is 11.9. The van der Waals surface area contributed by atoms with Crippen LogP contribution in [0.25, 0.3) is 0 Å². The Morgan fingerprint density at radius 2 is 2.18 bits per heavy atom. The Balaban J connectivity index is 2.63. The van der Waals surface area contributed by atoms with Crippen molar-refractivity contribution in [2.24, 2.45) is 0 Å². The number of rotatable bonds is 5. The Bertz CT molecular complexity index is 385. The number of carbonyl (C=O) groups excluding carboxylic acids is 1. The Kier molecular flexibility index (Phi) is 5.41. The third-order valence-corrected chi connectivity index (χ3v) is 2.95. The van der Waals surface area contributed by atoms with Crippen molar-refractivity contribution in [1.82, 2.24) is 4.90 Å². The van der Waals surface area contributed by atoms with E-state index in [2.05, 4.69) is 5.32 Å². The first-order valence-corrected chi connectivity index (χ1v) is 5.80. The molecular formula is C12H17ClN2O2. The summed E-state index contributed by atoms with van der Waals surface area (Å²) < 4.78 is 0. The molecule has 0 bridgehead atoms. The number of amides is 1. The quantitative estimate of drug-likeness (QED) is 0.841. The van der Waals surface area contributed by atoms with Gasteiger partial charge in [-0.3, -0.25) is 9.69 Å². The summed E-state index contributed by atoms with van der Waals surface area (Å²) in [4.78, 5) is 13.7. The number of halogens is 1. The monoisotopic (exact) mass is 256 g/mol. The SMILES string of the molecule is CC(C(=O)Nc1ccccc1Cl)N(C)CCO. The van der Waals surface area contributed by atoms with Crippen molar-refractivity contribution in [2.75, 3.05) is 25.5 Å². The van der Waals surface area contributed by atoms with Crippen LogP contribution in [0.5, 0.6) is 0 Å². The standard InChI is InChI=1S/C12H17ClN2O2/c1-9(15(2)7-8-16)12(17)14-11-6-4-3-5-10(11)13/h3-6,9,16H,7-8H2,1-2H3,(H,14,17). The maximum absolute atomic E-state index is 11.9. The molecule has 94 valence electrons. The van der Waals surface area contributed by atoms with Crippen LogP contribution in [0.4, 0.5) is 5.69 Å². The molecule has 2 N–H and O–H groups in total. The molecule has 0 radical (unpaired) electrons. The van der Waals surface area contributed by atoms with Crippen LogP contribution in [0.2, 0.25) is 5.02 Å². The summed E-state index contributed by atoms with van der Waals surface area (Å²) in [5.74, 6) is -0.144. The van der Waals surface area contributed by atoms with Gasteiger partial charge >= 0.3 is 0 Å². The largest absolute Gasteiger partial charge is 0.395 e. The van der Waals surface area contributed by atoms with Crippen molar-refractivity contribution >= 4 is 23.2 Å². The topological polar surface area (TPSA) is 52.6 Å². The Morgan fingerprint density at radius 3 is 2.76 bits per heavy atom. The van der Waals surface area contributed by atoms with E-state index in [1.54, 1.807) is 37.1 Å².